The summed E-state index contributed by atoms with van der Waals surface area (Å²) >= 11 is 7.66. The van der Waals surface area contributed by atoms with E-state index in [1.807, 2.05) is 30.5 Å². The Morgan fingerprint density at radius 1 is 1.12 bits per heavy atom. The Hall–Kier alpha value is -1.75. The van der Waals surface area contributed by atoms with Gasteiger partial charge in [0.2, 0.25) is 0 Å². The second-order valence-electron chi connectivity index (χ2n) is 6.15. The molecule has 1 heterocycles. The zero-order valence-corrected chi connectivity index (χ0v) is 15.9. The van der Waals surface area contributed by atoms with E-state index in [1.54, 1.807) is 11.8 Å². The van der Waals surface area contributed by atoms with Gasteiger partial charge in [0.1, 0.15) is 0 Å². The van der Waals surface area contributed by atoms with Crippen molar-refractivity contribution in [1.82, 2.24) is 9.55 Å². The van der Waals surface area contributed by atoms with Crippen LogP contribution in [0.4, 0.5) is 0 Å². The van der Waals surface area contributed by atoms with Gasteiger partial charge in [0.25, 0.3) is 0 Å². The van der Waals surface area contributed by atoms with Crippen LogP contribution >= 0.6 is 23.4 Å². The lowest BCUT2D eigenvalue weighted by Crippen LogP contribution is -2.00. The highest BCUT2D eigenvalue weighted by Gasteiger charge is 2.10. The van der Waals surface area contributed by atoms with Gasteiger partial charge < -0.3 is 9.67 Å². The second kappa shape index (κ2) is 8.09. The van der Waals surface area contributed by atoms with Crippen molar-refractivity contribution in [2.24, 2.45) is 0 Å². The third kappa shape index (κ3) is 4.66. The standard InChI is InChI=1S/C20H21ClN2OS/c1-14-3-4-15(2)17(9-14)13-25-20-22-19(12-24)11-23(20)10-16-5-7-18(21)8-6-16/h3-9,11,24H,10,12-13H2,1-2H3. The zero-order valence-electron chi connectivity index (χ0n) is 14.4. The van der Waals surface area contributed by atoms with Crippen molar-refractivity contribution in [2.75, 3.05) is 0 Å². The molecule has 0 spiro atoms. The molecule has 0 saturated carbocycles. The molecule has 0 bridgehead atoms. The largest absolute Gasteiger partial charge is 0.390 e. The lowest BCUT2D eigenvalue weighted by molar-refractivity contribution is 0.277. The molecule has 0 radical (unpaired) electrons. The minimum Gasteiger partial charge on any atom is -0.390 e. The minimum atomic E-state index is -0.0509. The monoisotopic (exact) mass is 372 g/mol. The van der Waals surface area contributed by atoms with Gasteiger partial charge in [0, 0.05) is 23.5 Å². The number of rotatable bonds is 6. The molecule has 3 aromatic rings. The quantitative estimate of drug-likeness (QED) is 0.619. The van der Waals surface area contributed by atoms with Crippen molar-refractivity contribution in [2.45, 2.75) is 37.9 Å². The summed E-state index contributed by atoms with van der Waals surface area (Å²) in [4.78, 5) is 4.56. The first-order chi connectivity index (χ1) is 12.0. The molecule has 3 rings (SSSR count). The highest BCUT2D eigenvalue weighted by Crippen LogP contribution is 2.26. The van der Waals surface area contributed by atoms with Gasteiger partial charge in [-0.1, -0.05) is 59.3 Å². The molecule has 0 atom stereocenters. The fraction of sp³-hybridized carbons (Fsp3) is 0.250. The van der Waals surface area contributed by atoms with Gasteiger partial charge in [-0.3, -0.25) is 0 Å². The van der Waals surface area contributed by atoms with Gasteiger partial charge in [0.15, 0.2) is 5.16 Å². The van der Waals surface area contributed by atoms with Crippen molar-refractivity contribution in [3.8, 4) is 0 Å². The summed E-state index contributed by atoms with van der Waals surface area (Å²) in [5.74, 6) is 0.857. The van der Waals surface area contributed by atoms with Crippen LogP contribution in [0.25, 0.3) is 0 Å². The number of aromatic nitrogens is 2. The van der Waals surface area contributed by atoms with Gasteiger partial charge in [-0.15, -0.1) is 0 Å². The van der Waals surface area contributed by atoms with Crippen LogP contribution in [0.15, 0.2) is 53.8 Å². The predicted octanol–water partition coefficient (Wildman–Crippen LogP) is 4.99. The fourth-order valence-electron chi connectivity index (χ4n) is 2.64. The first-order valence-corrected chi connectivity index (χ1v) is 9.52. The SMILES string of the molecule is Cc1ccc(C)c(CSc2nc(CO)cn2Cc2ccc(Cl)cc2)c1. The molecule has 1 aromatic heterocycles. The summed E-state index contributed by atoms with van der Waals surface area (Å²) in [6, 6.07) is 14.3. The van der Waals surface area contributed by atoms with Gasteiger partial charge in [-0.25, -0.2) is 4.98 Å². The summed E-state index contributed by atoms with van der Waals surface area (Å²) in [5.41, 5.74) is 5.71. The molecule has 0 saturated heterocycles. The highest BCUT2D eigenvalue weighted by molar-refractivity contribution is 7.98. The van der Waals surface area contributed by atoms with E-state index in [4.69, 9.17) is 11.6 Å². The van der Waals surface area contributed by atoms with Crippen LogP contribution in [-0.2, 0) is 18.9 Å². The van der Waals surface area contributed by atoms with Crippen molar-refractivity contribution < 1.29 is 5.11 Å². The number of aryl methyl sites for hydroxylation is 2. The Morgan fingerprint density at radius 3 is 2.60 bits per heavy atom. The smallest absolute Gasteiger partial charge is 0.168 e. The van der Waals surface area contributed by atoms with Crippen LogP contribution in [0.2, 0.25) is 5.02 Å². The number of imidazole rings is 1. The lowest BCUT2D eigenvalue weighted by Gasteiger charge is -2.09. The zero-order chi connectivity index (χ0) is 17.8. The van der Waals surface area contributed by atoms with E-state index in [9.17, 15) is 5.11 Å². The number of benzene rings is 2. The Labute approximate surface area is 157 Å². The maximum Gasteiger partial charge on any atom is 0.168 e. The summed E-state index contributed by atoms with van der Waals surface area (Å²) in [6.45, 7) is 4.90. The highest BCUT2D eigenvalue weighted by atomic mass is 35.5. The van der Waals surface area contributed by atoms with E-state index in [2.05, 4.69) is 41.6 Å². The number of aliphatic hydroxyl groups is 1. The molecule has 130 valence electrons. The van der Waals surface area contributed by atoms with E-state index in [0.29, 0.717) is 12.2 Å². The topological polar surface area (TPSA) is 38.1 Å². The van der Waals surface area contributed by atoms with E-state index in [1.165, 1.54) is 16.7 Å². The van der Waals surface area contributed by atoms with Crippen LogP contribution in [0, 0.1) is 13.8 Å². The van der Waals surface area contributed by atoms with Crippen LogP contribution in [0.1, 0.15) is 27.9 Å². The minimum absolute atomic E-state index is 0.0509. The Kier molecular flexibility index (Phi) is 5.84. The third-order valence-electron chi connectivity index (χ3n) is 4.08. The third-order valence-corrected chi connectivity index (χ3v) is 5.37. The maximum atomic E-state index is 9.44. The molecule has 3 nitrogen and oxygen atoms in total. The second-order valence-corrected chi connectivity index (χ2v) is 7.52. The number of nitrogens with zero attached hydrogens (tertiary/aromatic N) is 2. The van der Waals surface area contributed by atoms with E-state index < -0.39 is 0 Å². The van der Waals surface area contributed by atoms with E-state index >= 15 is 0 Å². The van der Waals surface area contributed by atoms with Crippen molar-refractivity contribution >= 4 is 23.4 Å². The van der Waals surface area contributed by atoms with Gasteiger partial charge in [-0.2, -0.15) is 0 Å². The Bertz CT molecular complexity index is 859. The molecule has 0 aliphatic carbocycles. The first kappa shape index (κ1) is 18.1. The van der Waals surface area contributed by atoms with Gasteiger partial charge in [-0.05, 0) is 42.7 Å². The van der Waals surface area contributed by atoms with E-state index in [-0.39, 0.29) is 6.61 Å². The fourth-order valence-corrected chi connectivity index (χ4v) is 3.83. The molecule has 25 heavy (non-hydrogen) atoms. The molecular weight excluding hydrogens is 352 g/mol. The normalized spacial score (nSPS) is 11.0. The number of thioether (sulfide) groups is 1. The summed E-state index contributed by atoms with van der Waals surface area (Å²) in [5, 5.41) is 11.1. The van der Waals surface area contributed by atoms with Crippen molar-refractivity contribution in [3.63, 3.8) is 0 Å². The van der Waals surface area contributed by atoms with Crippen LogP contribution in [0.3, 0.4) is 0 Å². The molecular formula is C20H21ClN2OS. The van der Waals surface area contributed by atoms with Gasteiger partial charge in [0.05, 0.1) is 12.3 Å². The number of aliphatic hydroxyl groups excluding tert-OH is 1. The average Bonchev–Trinajstić information content (AvgIpc) is 3.00. The molecule has 5 heteroatoms. The summed E-state index contributed by atoms with van der Waals surface area (Å²) < 4.78 is 2.09. The molecule has 0 amide bonds. The Morgan fingerprint density at radius 2 is 1.88 bits per heavy atom. The average molecular weight is 373 g/mol. The Balaban J connectivity index is 1.79. The molecule has 0 unspecified atom stereocenters. The lowest BCUT2D eigenvalue weighted by atomic mass is 10.1. The first-order valence-electron chi connectivity index (χ1n) is 8.15. The summed E-state index contributed by atoms with van der Waals surface area (Å²) in [6.07, 6.45) is 1.92. The number of hydrogen-bond acceptors (Lipinski definition) is 3. The van der Waals surface area contributed by atoms with Crippen LogP contribution < -0.4 is 0 Å². The van der Waals surface area contributed by atoms with E-state index in [0.717, 1.165) is 21.5 Å². The molecule has 2 aromatic carbocycles. The maximum absolute atomic E-state index is 9.44. The van der Waals surface area contributed by atoms with Gasteiger partial charge >= 0.3 is 0 Å². The molecule has 0 aliphatic heterocycles. The van der Waals surface area contributed by atoms with Crippen molar-refractivity contribution in [3.05, 3.63) is 81.6 Å². The predicted molar refractivity (Wildman–Crippen MR) is 104 cm³/mol. The van der Waals surface area contributed by atoms with Crippen molar-refractivity contribution in [1.29, 1.82) is 0 Å². The number of hydrogen-bond donors (Lipinski definition) is 1. The van der Waals surface area contributed by atoms with Crippen LogP contribution in [0.5, 0.6) is 0 Å². The number of halogens is 1. The molecule has 0 aliphatic rings. The molecule has 0 fully saturated rings. The van der Waals surface area contributed by atoms with Crippen LogP contribution in [-0.4, -0.2) is 14.7 Å². The summed E-state index contributed by atoms with van der Waals surface area (Å²) in [7, 11) is 0. The molecule has 1 N–H and O–H groups in total.